The zero-order chi connectivity index (χ0) is 19.6. The summed E-state index contributed by atoms with van der Waals surface area (Å²) < 4.78 is 16.6. The number of rotatable bonds is 2. The molecule has 1 aromatic carbocycles. The maximum absolute atomic E-state index is 12.5. The summed E-state index contributed by atoms with van der Waals surface area (Å²) in [5.74, 6) is -1.06. The van der Waals surface area contributed by atoms with E-state index >= 15 is 0 Å². The lowest BCUT2D eigenvalue weighted by Crippen LogP contribution is -2.37. The number of esters is 2. The van der Waals surface area contributed by atoms with Crippen molar-refractivity contribution >= 4 is 11.9 Å². The minimum Gasteiger partial charge on any atom is -0.431 e. The van der Waals surface area contributed by atoms with Gasteiger partial charge in [0.05, 0.1) is 5.92 Å². The standard InChI is InChI=1S/C22H28O5/c1-12-16-15(22(5)10-6-9-21(3,4)11-22)8-7-14-17(16)20(26-18(12)24)27-19(14)25-13(2)23/h7-8,12,19-20H,6,9-11H2,1-5H3/t12-,19+,20-,22-/m1/s1. The van der Waals surface area contributed by atoms with Crippen LogP contribution in [0.3, 0.4) is 0 Å². The van der Waals surface area contributed by atoms with Crippen molar-refractivity contribution in [1.29, 1.82) is 0 Å². The highest BCUT2D eigenvalue weighted by Crippen LogP contribution is 2.54. The summed E-state index contributed by atoms with van der Waals surface area (Å²) in [6.07, 6.45) is 2.97. The Morgan fingerprint density at radius 3 is 2.59 bits per heavy atom. The first-order valence-corrected chi connectivity index (χ1v) is 9.82. The SMILES string of the molecule is CC(=O)O[C@H]1O[C@H]2OC(=O)[C@H](C)c3c([C@]4(C)CCCC(C)(C)C4)ccc1c32. The lowest BCUT2D eigenvalue weighted by Gasteiger charge is -2.45. The van der Waals surface area contributed by atoms with Crippen molar-refractivity contribution in [3.63, 3.8) is 0 Å². The lowest BCUT2D eigenvalue weighted by atomic mass is 9.60. The molecule has 0 radical (unpaired) electrons. The van der Waals surface area contributed by atoms with Crippen LogP contribution in [0.25, 0.3) is 0 Å². The third-order valence-corrected chi connectivity index (χ3v) is 6.44. The Morgan fingerprint density at radius 1 is 1.19 bits per heavy atom. The lowest BCUT2D eigenvalue weighted by molar-refractivity contribution is -0.231. The minimum absolute atomic E-state index is 0.00205. The summed E-state index contributed by atoms with van der Waals surface area (Å²) >= 11 is 0. The third-order valence-electron chi connectivity index (χ3n) is 6.44. The van der Waals surface area contributed by atoms with Gasteiger partial charge in [0, 0.05) is 18.1 Å². The van der Waals surface area contributed by atoms with Crippen molar-refractivity contribution in [2.24, 2.45) is 5.41 Å². The quantitative estimate of drug-likeness (QED) is 0.698. The van der Waals surface area contributed by atoms with Crippen LogP contribution in [0.1, 0.15) is 101 Å². The summed E-state index contributed by atoms with van der Waals surface area (Å²) in [5, 5.41) is 0. The number of hydrogen-bond acceptors (Lipinski definition) is 5. The molecule has 1 aromatic rings. The molecule has 1 fully saturated rings. The Morgan fingerprint density at radius 2 is 1.93 bits per heavy atom. The van der Waals surface area contributed by atoms with Crippen molar-refractivity contribution in [2.75, 3.05) is 0 Å². The van der Waals surface area contributed by atoms with Crippen LogP contribution in [-0.2, 0) is 29.2 Å². The fourth-order valence-electron chi connectivity index (χ4n) is 5.44. The monoisotopic (exact) mass is 372 g/mol. The molecule has 2 heterocycles. The average Bonchev–Trinajstić information content (AvgIpc) is 2.88. The van der Waals surface area contributed by atoms with Gasteiger partial charge in [0.1, 0.15) is 0 Å². The van der Waals surface area contributed by atoms with Crippen LogP contribution in [0, 0.1) is 5.41 Å². The van der Waals surface area contributed by atoms with Gasteiger partial charge in [0.2, 0.25) is 12.6 Å². The van der Waals surface area contributed by atoms with E-state index in [1.807, 2.05) is 13.0 Å². The second-order valence-corrected chi connectivity index (χ2v) is 9.35. The van der Waals surface area contributed by atoms with Gasteiger partial charge in [-0.3, -0.25) is 14.3 Å². The molecule has 4 rings (SSSR count). The van der Waals surface area contributed by atoms with Gasteiger partial charge >= 0.3 is 11.9 Å². The van der Waals surface area contributed by atoms with Gasteiger partial charge in [-0.25, -0.2) is 0 Å². The zero-order valence-electron chi connectivity index (χ0n) is 16.8. The first-order valence-electron chi connectivity index (χ1n) is 9.82. The molecule has 5 heteroatoms. The van der Waals surface area contributed by atoms with Gasteiger partial charge in [-0.15, -0.1) is 0 Å². The van der Waals surface area contributed by atoms with Crippen LogP contribution in [0.4, 0.5) is 0 Å². The molecule has 0 aromatic heterocycles. The minimum atomic E-state index is -0.816. The number of benzene rings is 1. The molecule has 1 aliphatic carbocycles. The van der Waals surface area contributed by atoms with E-state index in [1.54, 1.807) is 0 Å². The van der Waals surface area contributed by atoms with Gasteiger partial charge in [0.25, 0.3) is 0 Å². The molecule has 3 aliphatic rings. The Bertz CT molecular complexity index is 811. The molecule has 0 amide bonds. The van der Waals surface area contributed by atoms with Crippen molar-refractivity contribution in [2.45, 2.75) is 84.2 Å². The van der Waals surface area contributed by atoms with Crippen LogP contribution in [0.2, 0.25) is 0 Å². The van der Waals surface area contributed by atoms with Gasteiger partial charge in [-0.2, -0.15) is 0 Å². The molecule has 4 atom stereocenters. The largest absolute Gasteiger partial charge is 0.431 e. The van der Waals surface area contributed by atoms with Crippen LogP contribution >= 0.6 is 0 Å². The molecule has 146 valence electrons. The third kappa shape index (κ3) is 2.96. The van der Waals surface area contributed by atoms with Crippen LogP contribution < -0.4 is 0 Å². The second-order valence-electron chi connectivity index (χ2n) is 9.35. The van der Waals surface area contributed by atoms with Crippen molar-refractivity contribution in [3.05, 3.63) is 34.4 Å². The van der Waals surface area contributed by atoms with Gasteiger partial charge in [0.15, 0.2) is 0 Å². The van der Waals surface area contributed by atoms with Crippen molar-refractivity contribution in [3.8, 4) is 0 Å². The van der Waals surface area contributed by atoms with E-state index in [1.165, 1.54) is 25.3 Å². The number of carbonyl (C=O) groups excluding carboxylic acids is 2. The van der Waals surface area contributed by atoms with Crippen LogP contribution in [-0.4, -0.2) is 11.9 Å². The molecule has 0 spiro atoms. The Labute approximate surface area is 160 Å². The topological polar surface area (TPSA) is 61.8 Å². The Kier molecular flexibility index (Phi) is 4.15. The molecule has 5 nitrogen and oxygen atoms in total. The van der Waals surface area contributed by atoms with E-state index in [-0.39, 0.29) is 22.7 Å². The fourth-order valence-corrected chi connectivity index (χ4v) is 5.44. The molecular weight excluding hydrogens is 344 g/mol. The Hall–Kier alpha value is -1.88. The van der Waals surface area contributed by atoms with Crippen molar-refractivity contribution in [1.82, 2.24) is 0 Å². The molecule has 27 heavy (non-hydrogen) atoms. The van der Waals surface area contributed by atoms with Crippen molar-refractivity contribution < 1.29 is 23.8 Å². The molecule has 0 saturated heterocycles. The molecule has 0 bridgehead atoms. The summed E-state index contributed by atoms with van der Waals surface area (Å²) in [7, 11) is 0. The zero-order valence-corrected chi connectivity index (χ0v) is 16.8. The highest BCUT2D eigenvalue weighted by atomic mass is 16.8. The van der Waals surface area contributed by atoms with E-state index in [2.05, 4.69) is 26.8 Å². The summed E-state index contributed by atoms with van der Waals surface area (Å²) in [6.45, 7) is 10.2. The van der Waals surface area contributed by atoms with E-state index in [0.29, 0.717) is 0 Å². The van der Waals surface area contributed by atoms with E-state index in [0.717, 1.165) is 29.5 Å². The van der Waals surface area contributed by atoms with Crippen LogP contribution in [0.5, 0.6) is 0 Å². The fraction of sp³-hybridized carbons (Fsp3) is 0.636. The van der Waals surface area contributed by atoms with Gasteiger partial charge in [-0.05, 0) is 48.1 Å². The maximum atomic E-state index is 12.5. The summed E-state index contributed by atoms with van der Waals surface area (Å²) in [4.78, 5) is 24.0. The number of carbonyl (C=O) groups is 2. The average molecular weight is 372 g/mol. The van der Waals surface area contributed by atoms with Gasteiger partial charge in [-0.1, -0.05) is 39.3 Å². The highest BCUT2D eigenvalue weighted by Gasteiger charge is 2.48. The smallest absolute Gasteiger partial charge is 0.315 e. The first kappa shape index (κ1) is 18.5. The molecule has 0 unspecified atom stereocenters. The number of hydrogen-bond donors (Lipinski definition) is 0. The van der Waals surface area contributed by atoms with Crippen LogP contribution in [0.15, 0.2) is 12.1 Å². The normalized spacial score (nSPS) is 34.0. The summed E-state index contributed by atoms with van der Waals surface area (Å²) in [5.41, 5.74) is 4.19. The molecule has 1 saturated carbocycles. The van der Waals surface area contributed by atoms with Gasteiger partial charge < -0.3 is 9.47 Å². The van der Waals surface area contributed by atoms with E-state index in [9.17, 15) is 9.59 Å². The molecule has 0 N–H and O–H groups in total. The predicted octanol–water partition coefficient (Wildman–Crippen LogP) is 4.80. The Balaban J connectivity index is 1.86. The van der Waals surface area contributed by atoms with E-state index < -0.39 is 18.5 Å². The molecular formula is C22H28O5. The summed E-state index contributed by atoms with van der Waals surface area (Å²) in [6, 6.07) is 4.10. The number of ether oxygens (including phenoxy) is 3. The highest BCUT2D eigenvalue weighted by molar-refractivity contribution is 5.82. The van der Waals surface area contributed by atoms with E-state index in [4.69, 9.17) is 14.2 Å². The first-order chi connectivity index (χ1) is 12.6. The second kappa shape index (κ2) is 6.06. The predicted molar refractivity (Wildman–Crippen MR) is 98.9 cm³/mol. The molecule has 2 aliphatic heterocycles. The maximum Gasteiger partial charge on any atom is 0.315 e.